The molecule has 1 aliphatic carbocycles. The van der Waals surface area contributed by atoms with Gasteiger partial charge in [0.1, 0.15) is 22.7 Å². The maximum Gasteiger partial charge on any atom is 0.433 e. The number of pyridine rings is 1. The molecule has 5 rings (SSSR count). The highest BCUT2D eigenvalue weighted by atomic mass is 32.1. The van der Waals surface area contributed by atoms with Gasteiger partial charge in [-0.3, -0.25) is 0 Å². The number of fused-ring (bicyclic) bond motifs is 1. The summed E-state index contributed by atoms with van der Waals surface area (Å²) >= 11 is 1.40. The Bertz CT molecular complexity index is 1300. The zero-order chi connectivity index (χ0) is 26.6. The van der Waals surface area contributed by atoms with Crippen molar-refractivity contribution >= 4 is 28.1 Å². The highest BCUT2D eigenvalue weighted by molar-refractivity contribution is 7.10. The van der Waals surface area contributed by atoms with Crippen LogP contribution in [0.1, 0.15) is 30.7 Å². The minimum absolute atomic E-state index is 0.0748. The summed E-state index contributed by atoms with van der Waals surface area (Å²) < 4.78 is 91.2. The van der Waals surface area contributed by atoms with Crippen molar-refractivity contribution in [1.29, 1.82) is 0 Å². The van der Waals surface area contributed by atoms with Crippen molar-refractivity contribution in [2.45, 2.75) is 44.6 Å². The molecule has 2 atom stereocenters. The lowest BCUT2D eigenvalue weighted by Crippen LogP contribution is -2.30. The van der Waals surface area contributed by atoms with Crippen LogP contribution in [0.2, 0.25) is 0 Å². The molecule has 0 bridgehead atoms. The van der Waals surface area contributed by atoms with Crippen molar-refractivity contribution in [1.82, 2.24) is 19.0 Å². The molecule has 2 aliphatic rings. The molecular weight excluding hydrogens is 522 g/mol. The lowest BCUT2D eigenvalue weighted by Gasteiger charge is -2.21. The van der Waals surface area contributed by atoms with E-state index >= 15 is 0 Å². The molecule has 3 aromatic heterocycles. The smallest absolute Gasteiger partial charge is 0.433 e. The third-order valence-electron chi connectivity index (χ3n) is 6.91. The molecule has 2 fully saturated rings. The van der Waals surface area contributed by atoms with Crippen LogP contribution in [0.4, 0.5) is 37.3 Å². The molecule has 7 nitrogen and oxygen atoms in total. The number of rotatable bonds is 8. The van der Waals surface area contributed by atoms with Gasteiger partial charge in [0.25, 0.3) is 0 Å². The number of nitrogens with zero attached hydrogens (tertiary/aromatic N) is 5. The van der Waals surface area contributed by atoms with Crippen LogP contribution < -0.4 is 15.0 Å². The molecule has 1 N–H and O–H groups in total. The molecule has 37 heavy (non-hydrogen) atoms. The Balaban J connectivity index is 1.38. The average Bonchev–Trinajstić information content (AvgIpc) is 3.13. The lowest BCUT2D eigenvalue weighted by atomic mass is 9.99. The molecule has 1 saturated heterocycles. The molecule has 0 aromatic carbocycles. The van der Waals surface area contributed by atoms with Gasteiger partial charge in [-0.1, -0.05) is 6.08 Å². The highest BCUT2D eigenvalue weighted by Crippen LogP contribution is 2.57. The number of halogens is 6. The van der Waals surface area contributed by atoms with Gasteiger partial charge in [0.2, 0.25) is 5.95 Å². The lowest BCUT2D eigenvalue weighted by molar-refractivity contribution is -0.194. The van der Waals surface area contributed by atoms with E-state index in [0.717, 1.165) is 35.8 Å². The minimum Gasteiger partial charge on any atom is -0.489 e. The number of nitrogens with one attached hydrogen (secondary N) is 1. The first-order valence-electron chi connectivity index (χ1n) is 11.6. The topological polar surface area (TPSA) is 67.6 Å². The third-order valence-corrected chi connectivity index (χ3v) is 7.85. The molecule has 0 radical (unpaired) electrons. The molecule has 1 saturated carbocycles. The van der Waals surface area contributed by atoms with E-state index in [1.807, 2.05) is 13.0 Å². The highest BCUT2D eigenvalue weighted by Gasteiger charge is 2.64. The van der Waals surface area contributed by atoms with Crippen molar-refractivity contribution in [2.24, 2.45) is 11.3 Å². The SMILES string of the molecule is C=C[C@@H](Nc1nc2c(OCC3(C(F)(F)F)CC3)ccc(C(F)(F)F)n2n1)C1CCN(c2cc(C)ns2)C1. The molecule has 200 valence electrons. The molecule has 0 amide bonds. The fourth-order valence-corrected chi connectivity index (χ4v) is 5.30. The number of hydrogen-bond acceptors (Lipinski definition) is 7. The van der Waals surface area contributed by atoms with Crippen LogP contribution in [0.5, 0.6) is 5.75 Å². The van der Waals surface area contributed by atoms with E-state index < -0.39 is 30.1 Å². The zero-order valence-electron chi connectivity index (χ0n) is 19.7. The van der Waals surface area contributed by atoms with E-state index in [9.17, 15) is 26.3 Å². The van der Waals surface area contributed by atoms with E-state index in [2.05, 4.69) is 31.3 Å². The summed E-state index contributed by atoms with van der Waals surface area (Å²) in [5.41, 5.74) is -2.48. The van der Waals surface area contributed by atoms with E-state index in [4.69, 9.17) is 4.74 Å². The number of aryl methyl sites for hydroxylation is 1. The van der Waals surface area contributed by atoms with Gasteiger partial charge in [0, 0.05) is 19.0 Å². The first-order chi connectivity index (χ1) is 17.4. The van der Waals surface area contributed by atoms with Gasteiger partial charge < -0.3 is 15.0 Å². The van der Waals surface area contributed by atoms with Crippen molar-refractivity contribution in [3.8, 4) is 5.75 Å². The van der Waals surface area contributed by atoms with Gasteiger partial charge in [0.15, 0.2) is 11.4 Å². The maximum absolute atomic E-state index is 13.7. The van der Waals surface area contributed by atoms with Crippen LogP contribution in [0, 0.1) is 18.3 Å². The van der Waals surface area contributed by atoms with Crippen LogP contribution in [0.3, 0.4) is 0 Å². The molecule has 1 unspecified atom stereocenters. The summed E-state index contributed by atoms with van der Waals surface area (Å²) in [6.45, 7) is 6.54. The molecule has 1 aliphatic heterocycles. The summed E-state index contributed by atoms with van der Waals surface area (Å²) in [7, 11) is 0. The van der Waals surface area contributed by atoms with Gasteiger partial charge in [-0.05, 0) is 55.9 Å². The first kappa shape index (κ1) is 25.6. The van der Waals surface area contributed by atoms with Crippen molar-refractivity contribution in [3.63, 3.8) is 0 Å². The molecule has 0 spiro atoms. The van der Waals surface area contributed by atoms with Crippen LogP contribution in [-0.4, -0.2) is 50.9 Å². The van der Waals surface area contributed by atoms with Gasteiger partial charge in [-0.25, -0.2) is 4.52 Å². The molecule has 4 heterocycles. The fourth-order valence-electron chi connectivity index (χ4n) is 4.50. The van der Waals surface area contributed by atoms with Crippen LogP contribution in [0.15, 0.2) is 30.9 Å². The fraction of sp³-hybridized carbons (Fsp3) is 0.522. The second kappa shape index (κ2) is 9.07. The Morgan fingerprint density at radius 2 is 2.03 bits per heavy atom. The average molecular weight is 547 g/mol. The van der Waals surface area contributed by atoms with E-state index in [1.54, 1.807) is 6.08 Å². The van der Waals surface area contributed by atoms with Gasteiger partial charge >= 0.3 is 12.4 Å². The Labute approximate surface area is 212 Å². The Morgan fingerprint density at radius 1 is 1.27 bits per heavy atom. The Morgan fingerprint density at radius 3 is 2.62 bits per heavy atom. The number of anilines is 2. The standard InChI is InChI=1S/C23H24F6N6OS/c1-3-15(14-6-9-34(11-14)18-10-13(2)33-37-18)30-20-31-19-16(36-12-21(7-8-21)23(27,28)29)4-5-17(22(24,25)26)35(19)32-20/h3-5,10,14-15H,1,6-9,11-12H2,2H3,(H,30,32)/t14?,15-/m1/s1. The van der Waals surface area contributed by atoms with E-state index in [0.29, 0.717) is 11.1 Å². The Kier molecular flexibility index (Phi) is 6.28. The van der Waals surface area contributed by atoms with E-state index in [-0.39, 0.29) is 42.1 Å². The quantitative estimate of drug-likeness (QED) is 0.288. The Hall–Kier alpha value is -3.03. The molecule has 14 heteroatoms. The van der Waals surface area contributed by atoms with E-state index in [1.165, 1.54) is 11.5 Å². The number of ether oxygens (including phenoxy) is 1. The summed E-state index contributed by atoms with van der Waals surface area (Å²) in [5, 5.41) is 8.08. The van der Waals surface area contributed by atoms with Gasteiger partial charge in [-0.15, -0.1) is 11.7 Å². The second-order valence-electron chi connectivity index (χ2n) is 9.53. The summed E-state index contributed by atoms with van der Waals surface area (Å²) in [5.74, 6) is -0.229. The van der Waals surface area contributed by atoms with Crippen molar-refractivity contribution in [3.05, 3.63) is 42.2 Å². The summed E-state index contributed by atoms with van der Waals surface area (Å²) in [6, 6.07) is 3.36. The number of aromatic nitrogens is 4. The molecular formula is C23H24F6N6OS. The zero-order valence-corrected chi connectivity index (χ0v) is 20.6. The number of hydrogen-bond donors (Lipinski definition) is 1. The van der Waals surface area contributed by atoms with Crippen LogP contribution in [0.25, 0.3) is 5.65 Å². The predicted octanol–water partition coefficient (Wildman–Crippen LogP) is 5.73. The van der Waals surface area contributed by atoms with Gasteiger partial charge in [0.05, 0.1) is 11.7 Å². The maximum atomic E-state index is 13.7. The van der Waals surface area contributed by atoms with Crippen molar-refractivity contribution in [2.75, 3.05) is 29.9 Å². The normalized spacial score (nSPS) is 20.3. The summed E-state index contributed by atoms with van der Waals surface area (Å²) in [6.07, 6.45) is -6.95. The second-order valence-corrected chi connectivity index (χ2v) is 10.3. The predicted molar refractivity (Wildman–Crippen MR) is 126 cm³/mol. The summed E-state index contributed by atoms with van der Waals surface area (Å²) in [4.78, 5) is 6.36. The molecule has 3 aromatic rings. The van der Waals surface area contributed by atoms with Crippen molar-refractivity contribution < 1.29 is 31.1 Å². The third kappa shape index (κ3) is 4.94. The monoisotopic (exact) mass is 546 g/mol. The first-order valence-corrected chi connectivity index (χ1v) is 12.4. The number of alkyl halides is 6. The van der Waals surface area contributed by atoms with Gasteiger partial charge in [-0.2, -0.15) is 35.7 Å². The van der Waals surface area contributed by atoms with Crippen LogP contribution in [-0.2, 0) is 6.18 Å². The minimum atomic E-state index is -4.76. The largest absolute Gasteiger partial charge is 0.489 e. The van der Waals surface area contributed by atoms with Crippen LogP contribution >= 0.6 is 11.5 Å².